The number of methoxy groups -OCH3 is 2. The number of likely N-dealkylation sites (N-methyl/N-ethyl adjacent to an activating group) is 1. The molecule has 3 aromatic rings. The number of fused-ring (bicyclic) bond motifs is 1. The summed E-state index contributed by atoms with van der Waals surface area (Å²) in [6.45, 7) is 2.02. The van der Waals surface area contributed by atoms with E-state index in [1.807, 2.05) is 37.3 Å². The zero-order chi connectivity index (χ0) is 19.6. The normalized spacial score (nSPS) is 10.7. The van der Waals surface area contributed by atoms with E-state index < -0.39 is 0 Å². The minimum atomic E-state index is -0.0588. The first kappa shape index (κ1) is 19.0. The summed E-state index contributed by atoms with van der Waals surface area (Å²) in [6.07, 6.45) is 0.267. The molecule has 5 nitrogen and oxygen atoms in total. The number of amides is 1. The van der Waals surface area contributed by atoms with Crippen LogP contribution in [0.5, 0.6) is 11.5 Å². The lowest BCUT2D eigenvalue weighted by Crippen LogP contribution is -2.20. The number of nitrogens with one attached hydrogen (secondary N) is 1. The van der Waals surface area contributed by atoms with Gasteiger partial charge in [0.25, 0.3) is 0 Å². The van der Waals surface area contributed by atoms with Crippen LogP contribution in [0.2, 0.25) is 5.02 Å². The average Bonchev–Trinajstić information content (AvgIpc) is 2.68. The summed E-state index contributed by atoms with van der Waals surface area (Å²) in [7, 11) is 4.77. The molecular formula is C21H21ClN2O3. The molecule has 0 aliphatic rings. The molecule has 3 rings (SSSR count). The fourth-order valence-electron chi connectivity index (χ4n) is 3.07. The van der Waals surface area contributed by atoms with Gasteiger partial charge >= 0.3 is 0 Å². The van der Waals surface area contributed by atoms with Gasteiger partial charge in [-0.1, -0.05) is 29.8 Å². The summed E-state index contributed by atoms with van der Waals surface area (Å²) in [6, 6.07) is 11.4. The van der Waals surface area contributed by atoms with Crippen LogP contribution in [-0.4, -0.2) is 32.2 Å². The van der Waals surface area contributed by atoms with Gasteiger partial charge in [-0.25, -0.2) is 4.98 Å². The van der Waals surface area contributed by atoms with Crippen LogP contribution in [0.4, 0.5) is 0 Å². The molecule has 1 aromatic heterocycles. The number of hydrogen-bond donors (Lipinski definition) is 1. The number of halogens is 1. The van der Waals surface area contributed by atoms with E-state index in [2.05, 4.69) is 5.32 Å². The van der Waals surface area contributed by atoms with Crippen LogP contribution in [0, 0.1) is 6.92 Å². The zero-order valence-corrected chi connectivity index (χ0v) is 16.5. The van der Waals surface area contributed by atoms with Crippen molar-refractivity contribution < 1.29 is 14.3 Å². The van der Waals surface area contributed by atoms with Crippen LogP contribution in [0.25, 0.3) is 22.2 Å². The van der Waals surface area contributed by atoms with E-state index in [-0.39, 0.29) is 12.3 Å². The SMILES string of the molecule is CNC(=O)Cc1cccc2c(C)cc(-c3cc(OC)c(OC)cc3Cl)nc12. The van der Waals surface area contributed by atoms with Crippen molar-refractivity contribution >= 4 is 28.4 Å². The van der Waals surface area contributed by atoms with Crippen LogP contribution in [0.15, 0.2) is 36.4 Å². The first-order valence-electron chi connectivity index (χ1n) is 8.50. The highest BCUT2D eigenvalue weighted by molar-refractivity contribution is 6.33. The molecule has 1 amide bonds. The predicted molar refractivity (Wildman–Crippen MR) is 108 cm³/mol. The summed E-state index contributed by atoms with van der Waals surface area (Å²) in [5, 5.41) is 4.18. The number of aromatic nitrogens is 1. The van der Waals surface area contributed by atoms with Gasteiger partial charge in [0.05, 0.1) is 36.9 Å². The van der Waals surface area contributed by atoms with Crippen molar-refractivity contribution in [1.82, 2.24) is 10.3 Å². The molecule has 1 heterocycles. The van der Waals surface area contributed by atoms with Gasteiger partial charge in [0.15, 0.2) is 11.5 Å². The van der Waals surface area contributed by atoms with Crippen LogP contribution in [-0.2, 0) is 11.2 Å². The summed E-state index contributed by atoms with van der Waals surface area (Å²) in [5.41, 5.74) is 4.18. The Kier molecular flexibility index (Phi) is 5.51. The second-order valence-electron chi connectivity index (χ2n) is 6.17. The summed E-state index contributed by atoms with van der Waals surface area (Å²) < 4.78 is 10.7. The minimum absolute atomic E-state index is 0.0588. The van der Waals surface area contributed by atoms with Crippen LogP contribution >= 0.6 is 11.6 Å². The van der Waals surface area contributed by atoms with E-state index in [4.69, 9.17) is 26.1 Å². The van der Waals surface area contributed by atoms with Crippen LogP contribution in [0.1, 0.15) is 11.1 Å². The van der Waals surface area contributed by atoms with Crippen molar-refractivity contribution in [1.29, 1.82) is 0 Å². The fraction of sp³-hybridized carbons (Fsp3) is 0.238. The van der Waals surface area contributed by atoms with Crippen molar-refractivity contribution in [3.8, 4) is 22.8 Å². The quantitative estimate of drug-likeness (QED) is 0.717. The number of aryl methyl sites for hydroxylation is 1. The van der Waals surface area contributed by atoms with Crippen molar-refractivity contribution in [2.75, 3.05) is 21.3 Å². The standard InChI is InChI=1S/C21H21ClN2O3/c1-12-8-17(15-10-18(26-3)19(27-4)11-16(15)22)24-21-13(9-20(25)23-2)6-5-7-14(12)21/h5-8,10-11H,9H2,1-4H3,(H,23,25). The molecule has 0 saturated carbocycles. The molecule has 0 atom stereocenters. The Labute approximate surface area is 163 Å². The third kappa shape index (κ3) is 3.69. The zero-order valence-electron chi connectivity index (χ0n) is 15.7. The number of carbonyl (C=O) groups excluding carboxylic acids is 1. The van der Waals surface area contributed by atoms with Crippen LogP contribution < -0.4 is 14.8 Å². The van der Waals surface area contributed by atoms with Crippen LogP contribution in [0.3, 0.4) is 0 Å². The molecule has 2 aromatic carbocycles. The lowest BCUT2D eigenvalue weighted by Gasteiger charge is -2.14. The Hall–Kier alpha value is -2.79. The number of benzene rings is 2. The lowest BCUT2D eigenvalue weighted by molar-refractivity contribution is -0.119. The second kappa shape index (κ2) is 7.84. The fourth-order valence-corrected chi connectivity index (χ4v) is 3.32. The Morgan fingerprint density at radius 3 is 2.52 bits per heavy atom. The molecule has 0 spiro atoms. The molecule has 0 radical (unpaired) electrons. The van der Waals surface area contributed by atoms with E-state index in [1.165, 1.54) is 0 Å². The first-order chi connectivity index (χ1) is 13.0. The second-order valence-corrected chi connectivity index (χ2v) is 6.58. The number of ether oxygens (including phenoxy) is 2. The van der Waals surface area contributed by atoms with Crippen molar-refractivity contribution in [3.63, 3.8) is 0 Å². The predicted octanol–water partition coefficient (Wildman–Crippen LogP) is 4.17. The monoisotopic (exact) mass is 384 g/mol. The molecule has 0 unspecified atom stereocenters. The Morgan fingerprint density at radius 1 is 1.15 bits per heavy atom. The topological polar surface area (TPSA) is 60.5 Å². The number of hydrogen-bond acceptors (Lipinski definition) is 4. The summed E-state index contributed by atoms with van der Waals surface area (Å²) in [4.78, 5) is 16.7. The highest BCUT2D eigenvalue weighted by Gasteiger charge is 2.15. The summed E-state index contributed by atoms with van der Waals surface area (Å²) in [5.74, 6) is 1.08. The van der Waals surface area contributed by atoms with E-state index >= 15 is 0 Å². The molecular weight excluding hydrogens is 364 g/mol. The maximum Gasteiger partial charge on any atom is 0.224 e. The molecule has 0 saturated heterocycles. The average molecular weight is 385 g/mol. The van der Waals surface area contributed by atoms with Crippen molar-refractivity contribution in [2.45, 2.75) is 13.3 Å². The molecule has 0 aliphatic carbocycles. The smallest absolute Gasteiger partial charge is 0.224 e. The molecule has 27 heavy (non-hydrogen) atoms. The molecule has 0 aliphatic heterocycles. The molecule has 0 fully saturated rings. The Balaban J connectivity index is 2.21. The highest BCUT2D eigenvalue weighted by Crippen LogP contribution is 2.38. The van der Waals surface area contributed by atoms with E-state index in [0.29, 0.717) is 16.5 Å². The largest absolute Gasteiger partial charge is 0.493 e. The maximum atomic E-state index is 11.9. The van der Waals surface area contributed by atoms with Gasteiger partial charge in [-0.2, -0.15) is 0 Å². The first-order valence-corrected chi connectivity index (χ1v) is 8.88. The number of para-hydroxylation sites is 1. The number of rotatable bonds is 5. The van der Waals surface area contributed by atoms with Gasteiger partial charge in [0.2, 0.25) is 5.91 Å². The van der Waals surface area contributed by atoms with Gasteiger partial charge in [-0.05, 0) is 30.2 Å². The number of carbonyl (C=O) groups is 1. The number of pyridine rings is 1. The molecule has 0 bridgehead atoms. The Morgan fingerprint density at radius 2 is 1.85 bits per heavy atom. The molecule has 6 heteroatoms. The van der Waals surface area contributed by atoms with E-state index in [0.717, 1.165) is 33.3 Å². The van der Waals surface area contributed by atoms with E-state index in [9.17, 15) is 4.79 Å². The van der Waals surface area contributed by atoms with Gasteiger partial charge in [0, 0.05) is 24.1 Å². The lowest BCUT2D eigenvalue weighted by atomic mass is 10.0. The van der Waals surface area contributed by atoms with Crippen molar-refractivity contribution in [2.24, 2.45) is 0 Å². The maximum absolute atomic E-state index is 11.9. The van der Waals surface area contributed by atoms with Gasteiger partial charge in [0.1, 0.15) is 0 Å². The van der Waals surface area contributed by atoms with E-state index in [1.54, 1.807) is 27.3 Å². The highest BCUT2D eigenvalue weighted by atomic mass is 35.5. The Bertz CT molecular complexity index is 1020. The third-order valence-electron chi connectivity index (χ3n) is 4.51. The van der Waals surface area contributed by atoms with Gasteiger partial charge in [-0.3, -0.25) is 4.79 Å². The van der Waals surface area contributed by atoms with Gasteiger partial charge < -0.3 is 14.8 Å². The third-order valence-corrected chi connectivity index (χ3v) is 4.82. The van der Waals surface area contributed by atoms with Gasteiger partial charge in [-0.15, -0.1) is 0 Å². The van der Waals surface area contributed by atoms with Crippen molar-refractivity contribution in [3.05, 3.63) is 52.5 Å². The molecule has 1 N–H and O–H groups in total. The minimum Gasteiger partial charge on any atom is -0.493 e. The summed E-state index contributed by atoms with van der Waals surface area (Å²) >= 11 is 6.48. The molecule has 140 valence electrons. The number of nitrogens with zero attached hydrogens (tertiary/aromatic N) is 1.